The zero-order valence-corrected chi connectivity index (χ0v) is 20.7. The molecule has 0 aromatic heterocycles. The number of hydrogen-bond acceptors (Lipinski definition) is 4. The van der Waals surface area contributed by atoms with E-state index in [1.165, 1.54) is 66.3 Å². The van der Waals surface area contributed by atoms with E-state index in [-0.39, 0.29) is 0 Å². The molecule has 0 heterocycles. The summed E-state index contributed by atoms with van der Waals surface area (Å²) < 4.78 is 0. The lowest BCUT2D eigenvalue weighted by Gasteiger charge is -2.16. The van der Waals surface area contributed by atoms with Crippen LogP contribution in [0.5, 0.6) is 11.5 Å². The number of hydrogen-bond donors (Lipinski definition) is 2. The molecule has 0 aliphatic heterocycles. The fraction of sp³-hybridized carbons (Fsp3) is 0.375. The minimum absolute atomic E-state index is 0.303. The molecule has 2 N–H and O–H groups in total. The van der Waals surface area contributed by atoms with E-state index in [0.29, 0.717) is 35.2 Å². The van der Waals surface area contributed by atoms with Gasteiger partial charge in [0.25, 0.3) is 0 Å². The predicted octanol–water partition coefficient (Wildman–Crippen LogP) is 7.89. The number of nitrogens with zero attached hydrogens (tertiary/aromatic N) is 2. The average Bonchev–Trinajstić information content (AvgIpc) is 3.68. The van der Waals surface area contributed by atoms with E-state index in [2.05, 4.69) is 31.2 Å². The number of aryl methyl sites for hydroxylation is 1. The van der Waals surface area contributed by atoms with Gasteiger partial charge in [-0.25, -0.2) is 0 Å². The Morgan fingerprint density at radius 3 is 1.64 bits per heavy atom. The summed E-state index contributed by atoms with van der Waals surface area (Å²) in [5.41, 5.74) is 9.70. The Morgan fingerprint density at radius 2 is 1.14 bits per heavy atom. The van der Waals surface area contributed by atoms with Gasteiger partial charge in [-0.05, 0) is 133 Å². The molecule has 0 amide bonds. The van der Waals surface area contributed by atoms with Crippen LogP contribution in [0.1, 0.15) is 108 Å². The maximum absolute atomic E-state index is 10.7. The van der Waals surface area contributed by atoms with Crippen LogP contribution in [-0.2, 0) is 6.42 Å². The summed E-state index contributed by atoms with van der Waals surface area (Å²) >= 11 is 0. The lowest BCUT2D eigenvalue weighted by Crippen LogP contribution is -1.99. The van der Waals surface area contributed by atoms with Gasteiger partial charge >= 0.3 is 0 Å². The van der Waals surface area contributed by atoms with Crippen molar-refractivity contribution in [3.05, 3.63) is 81.4 Å². The third-order valence-corrected chi connectivity index (χ3v) is 9.22. The molecule has 0 saturated heterocycles. The highest BCUT2D eigenvalue weighted by molar-refractivity contribution is 5.90. The first-order valence-corrected chi connectivity index (χ1v) is 13.5. The minimum atomic E-state index is 0.303. The molecule has 4 bridgehead atoms. The van der Waals surface area contributed by atoms with Crippen molar-refractivity contribution in [2.75, 3.05) is 0 Å². The van der Waals surface area contributed by atoms with Gasteiger partial charge in [0.15, 0.2) is 0 Å². The Labute approximate surface area is 212 Å². The number of phenolic OH excluding ortho intramolecular Hbond substituents is 2. The summed E-state index contributed by atoms with van der Waals surface area (Å²) in [7, 11) is 0. The van der Waals surface area contributed by atoms with Crippen molar-refractivity contribution in [2.24, 2.45) is 9.98 Å². The Balaban J connectivity index is 1.21. The summed E-state index contributed by atoms with van der Waals surface area (Å²) in [5, 5.41) is 21.4. The minimum Gasteiger partial charge on any atom is -0.507 e. The Morgan fingerprint density at radius 1 is 0.667 bits per heavy atom. The molecular formula is C32H32N2O2. The van der Waals surface area contributed by atoms with E-state index >= 15 is 0 Å². The summed E-state index contributed by atoms with van der Waals surface area (Å²) in [6.07, 6.45) is 11.9. The maximum atomic E-state index is 10.7. The van der Waals surface area contributed by atoms with Crippen molar-refractivity contribution >= 4 is 23.8 Å². The van der Waals surface area contributed by atoms with Crippen LogP contribution < -0.4 is 0 Å². The number of aliphatic imine (C=N–C) groups is 2. The highest BCUT2D eigenvalue weighted by Crippen LogP contribution is 2.55. The first kappa shape index (κ1) is 21.8. The van der Waals surface area contributed by atoms with Crippen LogP contribution in [0.4, 0.5) is 11.4 Å². The number of aromatic hydroxyl groups is 2. The van der Waals surface area contributed by atoms with E-state index in [9.17, 15) is 10.2 Å². The normalized spacial score (nSPS) is 25.4. The molecule has 182 valence electrons. The lowest BCUT2D eigenvalue weighted by molar-refractivity contribution is 0.472. The van der Waals surface area contributed by atoms with Crippen molar-refractivity contribution in [3.8, 4) is 11.5 Å². The highest BCUT2D eigenvalue weighted by atomic mass is 16.3. The highest BCUT2D eigenvalue weighted by Gasteiger charge is 2.38. The Kier molecular flexibility index (Phi) is 5.06. The monoisotopic (exact) mass is 476 g/mol. The standard InChI is InChI=1S/C32H32N2O2/c1-2-18-3-8-29(33-16-23-12-25-19-4-6-21(10-19)27(25)14-31(23)35)30(9-18)34-17-24-13-26-20-5-7-22(11-20)28(26)15-32(24)36/h3,8-9,12-17,19-22,35-36H,2,4-7,10-11H2,1H3. The predicted molar refractivity (Wildman–Crippen MR) is 145 cm³/mol. The molecule has 7 rings (SSSR count). The molecule has 2 fully saturated rings. The van der Waals surface area contributed by atoms with Crippen LogP contribution in [0, 0.1) is 0 Å². The van der Waals surface area contributed by atoms with Gasteiger partial charge in [-0.2, -0.15) is 0 Å². The van der Waals surface area contributed by atoms with E-state index in [1.54, 1.807) is 12.4 Å². The zero-order chi connectivity index (χ0) is 24.4. The fourth-order valence-corrected chi connectivity index (χ4v) is 7.27. The van der Waals surface area contributed by atoms with Crippen molar-refractivity contribution in [3.63, 3.8) is 0 Å². The molecule has 3 aromatic rings. The molecule has 2 saturated carbocycles. The number of rotatable bonds is 5. The molecule has 3 aromatic carbocycles. The molecule has 4 unspecified atom stereocenters. The van der Waals surface area contributed by atoms with Gasteiger partial charge in [-0.3, -0.25) is 9.98 Å². The first-order chi connectivity index (χ1) is 17.6. The van der Waals surface area contributed by atoms with E-state index in [4.69, 9.17) is 9.98 Å². The SMILES string of the molecule is CCc1ccc(N=Cc2cc3c(cc2O)C2CCC3C2)c(N=Cc2cc3c(cc2O)C2CCC3C2)c1. The summed E-state index contributed by atoms with van der Waals surface area (Å²) in [6, 6.07) is 14.3. The average molecular weight is 477 g/mol. The molecule has 0 spiro atoms. The second kappa shape index (κ2) is 8.33. The number of benzene rings is 3. The second-order valence-electron chi connectivity index (χ2n) is 11.2. The molecule has 4 nitrogen and oxygen atoms in total. The van der Waals surface area contributed by atoms with Crippen molar-refractivity contribution < 1.29 is 10.2 Å². The molecular weight excluding hydrogens is 444 g/mol. The van der Waals surface area contributed by atoms with Crippen LogP contribution >= 0.6 is 0 Å². The molecule has 4 aliphatic carbocycles. The summed E-state index contributed by atoms with van der Waals surface area (Å²) in [4.78, 5) is 9.56. The van der Waals surface area contributed by atoms with Crippen LogP contribution in [0.25, 0.3) is 0 Å². The van der Waals surface area contributed by atoms with E-state index < -0.39 is 0 Å². The van der Waals surface area contributed by atoms with Crippen LogP contribution in [0.15, 0.2) is 52.4 Å². The lowest BCUT2D eigenvalue weighted by atomic mass is 9.90. The summed E-state index contributed by atoms with van der Waals surface area (Å²) in [6.45, 7) is 2.13. The van der Waals surface area contributed by atoms with Gasteiger partial charge in [0.1, 0.15) is 11.5 Å². The third kappa shape index (κ3) is 3.49. The fourth-order valence-electron chi connectivity index (χ4n) is 7.27. The largest absolute Gasteiger partial charge is 0.507 e. The first-order valence-electron chi connectivity index (χ1n) is 13.5. The van der Waals surface area contributed by atoms with Gasteiger partial charge < -0.3 is 10.2 Å². The Hall–Kier alpha value is -3.40. The van der Waals surface area contributed by atoms with Crippen LogP contribution in [0.3, 0.4) is 0 Å². The second-order valence-corrected chi connectivity index (χ2v) is 11.2. The van der Waals surface area contributed by atoms with Gasteiger partial charge in [0.2, 0.25) is 0 Å². The van der Waals surface area contributed by atoms with Crippen LogP contribution in [0.2, 0.25) is 0 Å². The Bertz CT molecular complexity index is 1440. The molecule has 0 radical (unpaired) electrons. The van der Waals surface area contributed by atoms with Gasteiger partial charge in [0.05, 0.1) is 11.4 Å². The van der Waals surface area contributed by atoms with Gasteiger partial charge in [-0.15, -0.1) is 0 Å². The maximum Gasteiger partial charge on any atom is 0.124 e. The number of fused-ring (bicyclic) bond motifs is 10. The van der Waals surface area contributed by atoms with Gasteiger partial charge in [-0.1, -0.05) is 13.0 Å². The molecule has 36 heavy (non-hydrogen) atoms. The molecule has 4 heteroatoms. The van der Waals surface area contributed by atoms with Crippen molar-refractivity contribution in [1.29, 1.82) is 0 Å². The van der Waals surface area contributed by atoms with Crippen LogP contribution in [-0.4, -0.2) is 22.6 Å². The van der Waals surface area contributed by atoms with E-state index in [1.807, 2.05) is 18.2 Å². The van der Waals surface area contributed by atoms with Gasteiger partial charge in [0, 0.05) is 23.6 Å². The third-order valence-electron chi connectivity index (χ3n) is 9.22. The molecule has 4 aliphatic rings. The quantitative estimate of drug-likeness (QED) is 0.368. The smallest absolute Gasteiger partial charge is 0.124 e. The number of phenols is 2. The summed E-state index contributed by atoms with van der Waals surface area (Å²) in [5.74, 6) is 3.12. The van der Waals surface area contributed by atoms with Crippen molar-refractivity contribution in [1.82, 2.24) is 0 Å². The van der Waals surface area contributed by atoms with Crippen molar-refractivity contribution in [2.45, 2.75) is 75.5 Å². The molecule has 4 atom stereocenters. The van der Waals surface area contributed by atoms with E-state index in [0.717, 1.165) is 28.9 Å². The topological polar surface area (TPSA) is 65.2 Å². The zero-order valence-electron chi connectivity index (χ0n) is 20.7.